The van der Waals surface area contributed by atoms with Gasteiger partial charge in [-0.1, -0.05) is 12.1 Å². The largest absolute Gasteiger partial charge is 0.354 e. The first kappa shape index (κ1) is 30.7. The number of hydrogen-bond acceptors (Lipinski definition) is 7. The van der Waals surface area contributed by atoms with E-state index >= 15 is 0 Å². The molecule has 11 nitrogen and oxygen atoms in total. The average molecular weight is 567 g/mol. The number of carbonyl (C=O) groups is 2. The van der Waals surface area contributed by atoms with Crippen LogP contribution in [0.4, 0.5) is 10.6 Å². The minimum Gasteiger partial charge on any atom is -0.338 e. The second-order valence-corrected chi connectivity index (χ2v) is 12.2. The zero-order chi connectivity index (χ0) is 29.7. The van der Waals surface area contributed by atoms with Crippen LogP contribution in [0.3, 0.4) is 0 Å². The van der Waals surface area contributed by atoms with Crippen LogP contribution in [0, 0.1) is 5.92 Å². The van der Waals surface area contributed by atoms with E-state index in [0.29, 0.717) is 49.9 Å². The summed E-state index contributed by atoms with van der Waals surface area (Å²) in [6.07, 6.45) is 7.39. The van der Waals surface area contributed by atoms with E-state index in [1.807, 2.05) is 12.1 Å². The Balaban J connectivity index is 1.30. The van der Waals surface area contributed by atoms with Crippen LogP contribution < -0.4 is 22.5 Å². The van der Waals surface area contributed by atoms with Gasteiger partial charge in [-0.15, -0.1) is 0 Å². The summed E-state index contributed by atoms with van der Waals surface area (Å²) < 4.78 is 1.46. The van der Waals surface area contributed by atoms with Crippen molar-refractivity contribution in [1.82, 2.24) is 24.3 Å². The number of urea groups is 1. The number of piperazine rings is 1. The highest BCUT2D eigenvalue weighted by molar-refractivity contribution is 5.89. The van der Waals surface area contributed by atoms with Crippen LogP contribution in [-0.2, 0) is 11.2 Å². The fraction of sp³-hybridized carbons (Fsp3) is 0.600. The molecule has 1 atom stereocenters. The standard InChI is InChI=1S/C30H46N8O3/c1-21(35(4)24-9-7-23(20-31)8-10-24)19-22-5-11-25(12-6-22)38-14-13-26(34-29(38)41)33-28(40)37-17-15-36(16-18-37)27(39)30(2,3)32/h5-6,11-14,21,23-24H,7-10,15-20,31-32H2,1-4H3,(H,33,34,40,41). The Kier molecular flexibility index (Phi) is 9.83. The van der Waals surface area contributed by atoms with E-state index in [9.17, 15) is 14.4 Å². The summed E-state index contributed by atoms with van der Waals surface area (Å²) in [4.78, 5) is 47.8. The Morgan fingerprint density at radius 3 is 2.22 bits per heavy atom. The molecule has 1 aliphatic heterocycles. The van der Waals surface area contributed by atoms with E-state index in [2.05, 4.69) is 41.3 Å². The summed E-state index contributed by atoms with van der Waals surface area (Å²) in [5.41, 5.74) is 12.3. The minimum absolute atomic E-state index is 0.140. The molecule has 4 rings (SSSR count). The van der Waals surface area contributed by atoms with E-state index in [-0.39, 0.29) is 17.8 Å². The molecule has 2 aromatic rings. The first-order valence-electron chi connectivity index (χ1n) is 14.7. The fourth-order valence-corrected chi connectivity index (χ4v) is 5.80. The molecule has 2 fully saturated rings. The van der Waals surface area contributed by atoms with Crippen molar-refractivity contribution in [2.75, 3.05) is 45.1 Å². The SMILES string of the molecule is CC(Cc1ccc(-n2ccc(NC(=O)N3CCN(C(=O)C(C)(C)N)CC3)nc2=O)cc1)N(C)C1CCC(CN)CC1. The molecule has 1 unspecified atom stereocenters. The quantitative estimate of drug-likeness (QED) is 0.444. The average Bonchev–Trinajstić information content (AvgIpc) is 2.96. The van der Waals surface area contributed by atoms with Crippen molar-refractivity contribution in [3.8, 4) is 5.69 Å². The number of aromatic nitrogens is 2. The summed E-state index contributed by atoms with van der Waals surface area (Å²) in [6.45, 7) is 7.97. The number of benzene rings is 1. The Bertz CT molecular complexity index is 1240. The molecule has 1 aromatic carbocycles. The van der Waals surface area contributed by atoms with Gasteiger partial charge in [0.15, 0.2) is 0 Å². The zero-order valence-corrected chi connectivity index (χ0v) is 24.9. The second-order valence-electron chi connectivity index (χ2n) is 12.2. The van der Waals surface area contributed by atoms with Gasteiger partial charge in [-0.3, -0.25) is 14.7 Å². The highest BCUT2D eigenvalue weighted by Crippen LogP contribution is 2.28. The molecule has 0 spiro atoms. The number of nitrogens with zero attached hydrogens (tertiary/aromatic N) is 5. The lowest BCUT2D eigenvalue weighted by atomic mass is 9.85. The number of hydrogen-bond donors (Lipinski definition) is 3. The summed E-state index contributed by atoms with van der Waals surface area (Å²) in [5, 5.41) is 2.70. The molecule has 3 amide bonds. The van der Waals surface area contributed by atoms with Gasteiger partial charge in [0, 0.05) is 44.5 Å². The zero-order valence-electron chi connectivity index (χ0n) is 24.9. The molecule has 1 saturated heterocycles. The number of nitrogens with two attached hydrogens (primary N) is 2. The molecular formula is C30H46N8O3. The first-order chi connectivity index (χ1) is 19.5. The Morgan fingerprint density at radius 2 is 1.66 bits per heavy atom. The maximum absolute atomic E-state index is 12.8. The Morgan fingerprint density at radius 1 is 1.05 bits per heavy atom. The number of carbonyl (C=O) groups excluding carboxylic acids is 2. The molecule has 1 aromatic heterocycles. The van der Waals surface area contributed by atoms with Crippen LogP contribution in [0.25, 0.3) is 5.69 Å². The van der Waals surface area contributed by atoms with E-state index in [1.165, 1.54) is 35.8 Å². The summed E-state index contributed by atoms with van der Waals surface area (Å²) >= 11 is 0. The van der Waals surface area contributed by atoms with Gasteiger partial charge in [-0.2, -0.15) is 4.98 Å². The van der Waals surface area contributed by atoms with Gasteiger partial charge in [0.25, 0.3) is 0 Å². The molecule has 0 bridgehead atoms. The highest BCUT2D eigenvalue weighted by Gasteiger charge is 2.31. The van der Waals surface area contributed by atoms with E-state index in [0.717, 1.165) is 13.0 Å². The second kappa shape index (κ2) is 13.1. The van der Waals surface area contributed by atoms with Crippen molar-refractivity contribution in [2.45, 2.75) is 70.5 Å². The molecule has 11 heteroatoms. The molecule has 2 aliphatic rings. The van der Waals surface area contributed by atoms with Crippen molar-refractivity contribution in [2.24, 2.45) is 17.4 Å². The maximum Gasteiger partial charge on any atom is 0.354 e. The van der Waals surface area contributed by atoms with Crippen molar-refractivity contribution >= 4 is 17.8 Å². The molecule has 0 radical (unpaired) electrons. The maximum atomic E-state index is 12.8. The molecule has 2 heterocycles. The Labute approximate surface area is 242 Å². The van der Waals surface area contributed by atoms with Gasteiger partial charge >= 0.3 is 11.7 Å². The number of amides is 3. The van der Waals surface area contributed by atoms with Crippen LogP contribution >= 0.6 is 0 Å². The number of likely N-dealkylation sites (N-methyl/N-ethyl adjacent to an activating group) is 1. The molecule has 41 heavy (non-hydrogen) atoms. The van der Waals surface area contributed by atoms with Crippen LogP contribution in [0.1, 0.15) is 52.0 Å². The van der Waals surface area contributed by atoms with Gasteiger partial charge < -0.3 is 26.2 Å². The van der Waals surface area contributed by atoms with Gasteiger partial charge in [0.1, 0.15) is 5.82 Å². The number of nitrogens with one attached hydrogen (secondary N) is 1. The number of rotatable bonds is 8. The number of anilines is 1. The van der Waals surface area contributed by atoms with E-state index in [1.54, 1.807) is 35.9 Å². The smallest absolute Gasteiger partial charge is 0.338 e. The van der Waals surface area contributed by atoms with Crippen molar-refractivity contribution in [3.63, 3.8) is 0 Å². The third kappa shape index (κ3) is 7.72. The highest BCUT2D eigenvalue weighted by atomic mass is 16.2. The molecule has 1 saturated carbocycles. The van der Waals surface area contributed by atoms with Crippen molar-refractivity contribution in [1.29, 1.82) is 0 Å². The van der Waals surface area contributed by atoms with Crippen molar-refractivity contribution in [3.05, 3.63) is 52.6 Å². The van der Waals surface area contributed by atoms with Crippen LogP contribution in [-0.4, -0.2) is 93.6 Å². The van der Waals surface area contributed by atoms with Crippen LogP contribution in [0.5, 0.6) is 0 Å². The summed E-state index contributed by atoms with van der Waals surface area (Å²) in [6, 6.07) is 10.2. The van der Waals surface area contributed by atoms with Gasteiger partial charge in [0.2, 0.25) is 5.91 Å². The third-order valence-corrected chi connectivity index (χ3v) is 8.61. The van der Waals surface area contributed by atoms with Crippen molar-refractivity contribution < 1.29 is 9.59 Å². The lowest BCUT2D eigenvalue weighted by Crippen LogP contribution is -2.58. The van der Waals surface area contributed by atoms with Crippen LogP contribution in [0.2, 0.25) is 0 Å². The topological polar surface area (TPSA) is 143 Å². The molecule has 1 aliphatic carbocycles. The molecule has 224 valence electrons. The van der Waals surface area contributed by atoms with E-state index in [4.69, 9.17) is 11.5 Å². The fourth-order valence-electron chi connectivity index (χ4n) is 5.80. The molecular weight excluding hydrogens is 520 g/mol. The van der Waals surface area contributed by atoms with E-state index < -0.39 is 11.2 Å². The summed E-state index contributed by atoms with van der Waals surface area (Å²) in [5.74, 6) is 0.722. The normalized spacial score (nSPS) is 20.7. The van der Waals surface area contributed by atoms with Gasteiger partial charge in [-0.25, -0.2) is 9.59 Å². The third-order valence-electron chi connectivity index (χ3n) is 8.61. The van der Waals surface area contributed by atoms with Gasteiger partial charge in [0.05, 0.1) is 11.2 Å². The predicted molar refractivity (Wildman–Crippen MR) is 161 cm³/mol. The minimum atomic E-state index is -0.947. The van der Waals surface area contributed by atoms with Gasteiger partial charge in [-0.05, 0) is 96.1 Å². The lowest BCUT2D eigenvalue weighted by Gasteiger charge is -2.38. The monoisotopic (exact) mass is 566 g/mol. The Hall–Kier alpha value is -3.28. The molecule has 5 N–H and O–H groups in total. The van der Waals surface area contributed by atoms with Crippen LogP contribution in [0.15, 0.2) is 41.3 Å². The predicted octanol–water partition coefficient (Wildman–Crippen LogP) is 2.03. The first-order valence-corrected chi connectivity index (χ1v) is 14.7. The summed E-state index contributed by atoms with van der Waals surface area (Å²) in [7, 11) is 2.22. The lowest BCUT2D eigenvalue weighted by molar-refractivity contribution is -0.137.